The summed E-state index contributed by atoms with van der Waals surface area (Å²) in [6, 6.07) is 5.42. The minimum atomic E-state index is -4.28. The summed E-state index contributed by atoms with van der Waals surface area (Å²) in [6.45, 7) is 2.64. The van der Waals surface area contributed by atoms with Crippen LogP contribution >= 0.6 is 23.7 Å². The molecule has 0 bridgehead atoms. The van der Waals surface area contributed by atoms with Crippen molar-refractivity contribution in [2.75, 3.05) is 5.73 Å². The number of nitrogen functional groups attached to an aromatic ring is 1. The topological polar surface area (TPSA) is 50.9 Å². The van der Waals surface area contributed by atoms with Crippen LogP contribution in [0.4, 0.5) is 18.3 Å². The van der Waals surface area contributed by atoms with Gasteiger partial charge in [0.25, 0.3) is 0 Å². The molecule has 3 nitrogen and oxygen atoms in total. The second-order valence-corrected chi connectivity index (χ2v) is 5.99. The smallest absolute Gasteiger partial charge is 0.375 e. The summed E-state index contributed by atoms with van der Waals surface area (Å²) in [5.74, 6) is 0. The molecule has 22 heavy (non-hydrogen) atoms. The van der Waals surface area contributed by atoms with Crippen molar-refractivity contribution in [1.29, 1.82) is 0 Å². The Morgan fingerprint density at radius 1 is 1.27 bits per heavy atom. The number of hydrogen-bond acceptors (Lipinski definition) is 4. The van der Waals surface area contributed by atoms with Gasteiger partial charge in [-0.15, -0.1) is 23.7 Å². The number of halogens is 4. The molecule has 122 valence electrons. The van der Waals surface area contributed by atoms with Gasteiger partial charge in [-0.2, -0.15) is 13.2 Å². The van der Waals surface area contributed by atoms with Crippen molar-refractivity contribution in [1.82, 2.24) is 10.3 Å². The zero-order valence-corrected chi connectivity index (χ0v) is 13.5. The molecule has 0 amide bonds. The first kappa shape index (κ1) is 18.7. The maximum Gasteiger partial charge on any atom is 0.416 e. The highest BCUT2D eigenvalue weighted by Crippen LogP contribution is 2.29. The minimum absolute atomic E-state index is 0. The van der Waals surface area contributed by atoms with E-state index in [1.807, 2.05) is 6.92 Å². The number of nitrogens with two attached hydrogens (primary N) is 1. The van der Waals surface area contributed by atoms with E-state index in [0.717, 1.165) is 22.6 Å². The molecule has 1 aromatic carbocycles. The molecule has 1 aromatic heterocycles. The van der Waals surface area contributed by atoms with E-state index in [4.69, 9.17) is 5.73 Å². The zero-order valence-electron chi connectivity index (χ0n) is 11.9. The average molecular weight is 352 g/mol. The molecule has 0 aliphatic heterocycles. The molecule has 1 heterocycles. The molecule has 1 atom stereocenters. The number of anilines is 1. The van der Waals surface area contributed by atoms with Gasteiger partial charge in [0.05, 0.1) is 5.56 Å². The van der Waals surface area contributed by atoms with Crippen LogP contribution in [0, 0.1) is 0 Å². The molecule has 0 saturated heterocycles. The maximum atomic E-state index is 12.5. The van der Waals surface area contributed by atoms with Crippen LogP contribution in [-0.4, -0.2) is 11.0 Å². The monoisotopic (exact) mass is 351 g/mol. The summed E-state index contributed by atoms with van der Waals surface area (Å²) in [6.07, 6.45) is -1.90. The zero-order chi connectivity index (χ0) is 15.5. The molecule has 0 aliphatic carbocycles. The Kier molecular flexibility index (Phi) is 6.65. The molecule has 0 radical (unpaired) electrons. The fraction of sp³-hybridized carbons (Fsp3) is 0.357. The van der Waals surface area contributed by atoms with Gasteiger partial charge < -0.3 is 11.1 Å². The predicted octanol–water partition coefficient (Wildman–Crippen LogP) is 3.89. The lowest BCUT2D eigenvalue weighted by Crippen LogP contribution is -2.27. The lowest BCUT2D eigenvalue weighted by Gasteiger charge is -2.14. The number of thiazole rings is 1. The number of alkyl halides is 3. The van der Waals surface area contributed by atoms with E-state index in [1.165, 1.54) is 23.5 Å². The van der Waals surface area contributed by atoms with E-state index in [1.54, 1.807) is 6.20 Å². The van der Waals surface area contributed by atoms with Crippen molar-refractivity contribution in [2.24, 2.45) is 0 Å². The Balaban J connectivity index is 0.00000242. The van der Waals surface area contributed by atoms with Gasteiger partial charge in [0.1, 0.15) is 0 Å². The highest BCUT2D eigenvalue weighted by Gasteiger charge is 2.29. The van der Waals surface area contributed by atoms with Crippen LogP contribution in [0.1, 0.15) is 22.9 Å². The van der Waals surface area contributed by atoms with Gasteiger partial charge in [-0.25, -0.2) is 4.98 Å². The van der Waals surface area contributed by atoms with Gasteiger partial charge in [0.2, 0.25) is 0 Å². The van der Waals surface area contributed by atoms with E-state index >= 15 is 0 Å². The Morgan fingerprint density at radius 2 is 1.91 bits per heavy atom. The Hall–Kier alpha value is -1.31. The van der Waals surface area contributed by atoms with Gasteiger partial charge in [0, 0.05) is 23.7 Å². The van der Waals surface area contributed by atoms with Crippen molar-refractivity contribution >= 4 is 28.9 Å². The summed E-state index contributed by atoms with van der Waals surface area (Å²) in [7, 11) is 0. The van der Waals surface area contributed by atoms with Gasteiger partial charge in [-0.05, 0) is 31.0 Å². The minimum Gasteiger partial charge on any atom is -0.375 e. The van der Waals surface area contributed by atoms with E-state index < -0.39 is 11.7 Å². The van der Waals surface area contributed by atoms with Crippen molar-refractivity contribution in [3.63, 3.8) is 0 Å². The van der Waals surface area contributed by atoms with Gasteiger partial charge in [-0.1, -0.05) is 12.1 Å². The average Bonchev–Trinajstić information content (AvgIpc) is 2.82. The van der Waals surface area contributed by atoms with Crippen LogP contribution in [0.2, 0.25) is 0 Å². The van der Waals surface area contributed by atoms with Crippen LogP contribution in [-0.2, 0) is 19.1 Å². The second-order valence-electron chi connectivity index (χ2n) is 4.85. The van der Waals surface area contributed by atoms with Gasteiger partial charge >= 0.3 is 6.18 Å². The van der Waals surface area contributed by atoms with Crippen molar-refractivity contribution in [3.8, 4) is 0 Å². The first-order valence-electron chi connectivity index (χ1n) is 6.44. The van der Waals surface area contributed by atoms with E-state index in [2.05, 4.69) is 10.3 Å². The maximum absolute atomic E-state index is 12.5. The van der Waals surface area contributed by atoms with E-state index in [0.29, 0.717) is 18.1 Å². The third-order valence-corrected chi connectivity index (χ3v) is 3.85. The fourth-order valence-corrected chi connectivity index (χ4v) is 2.57. The first-order valence-corrected chi connectivity index (χ1v) is 7.26. The molecule has 2 rings (SSSR count). The third-order valence-electron chi connectivity index (χ3n) is 3.02. The Bertz CT molecular complexity index is 584. The van der Waals surface area contributed by atoms with Crippen molar-refractivity contribution in [2.45, 2.75) is 32.1 Å². The first-order chi connectivity index (χ1) is 9.84. The lowest BCUT2D eigenvalue weighted by molar-refractivity contribution is -0.137. The molecule has 0 spiro atoms. The Morgan fingerprint density at radius 3 is 2.41 bits per heavy atom. The summed E-state index contributed by atoms with van der Waals surface area (Å²) < 4.78 is 37.4. The van der Waals surface area contributed by atoms with Crippen LogP contribution in [0.3, 0.4) is 0 Å². The molecule has 0 fully saturated rings. The summed E-state index contributed by atoms with van der Waals surface area (Å²) in [4.78, 5) is 5.00. The molecule has 0 saturated carbocycles. The second kappa shape index (κ2) is 7.80. The number of benzene rings is 1. The SMILES string of the molecule is CC(Cc1ccc(C(F)(F)F)cc1)NCc1cnc(N)s1.Cl. The van der Waals surface area contributed by atoms with Crippen LogP contribution in [0.5, 0.6) is 0 Å². The van der Waals surface area contributed by atoms with Crippen LogP contribution in [0.25, 0.3) is 0 Å². The highest BCUT2D eigenvalue weighted by molar-refractivity contribution is 7.15. The van der Waals surface area contributed by atoms with Gasteiger partial charge in [0.15, 0.2) is 5.13 Å². The van der Waals surface area contributed by atoms with Crippen molar-refractivity contribution in [3.05, 3.63) is 46.5 Å². The Labute approximate surface area is 137 Å². The molecular weight excluding hydrogens is 335 g/mol. The van der Waals surface area contributed by atoms with E-state index in [-0.39, 0.29) is 18.4 Å². The van der Waals surface area contributed by atoms with E-state index in [9.17, 15) is 13.2 Å². The number of aromatic nitrogens is 1. The normalized spacial score (nSPS) is 12.7. The molecule has 1 unspecified atom stereocenters. The number of hydrogen-bond donors (Lipinski definition) is 2. The standard InChI is InChI=1S/C14H16F3N3S.ClH/c1-9(19-7-12-8-20-13(18)21-12)6-10-2-4-11(5-3-10)14(15,16)17;/h2-5,8-9,19H,6-7H2,1H3,(H2,18,20);1H. The molecule has 2 aromatic rings. The quantitative estimate of drug-likeness (QED) is 0.859. The summed E-state index contributed by atoms with van der Waals surface area (Å²) in [5, 5.41) is 3.83. The third kappa shape index (κ3) is 5.47. The van der Waals surface area contributed by atoms with Crippen LogP contribution < -0.4 is 11.1 Å². The molecule has 0 aliphatic rings. The highest BCUT2D eigenvalue weighted by atomic mass is 35.5. The molecular formula is C14H17ClF3N3S. The number of nitrogens with one attached hydrogen (secondary N) is 1. The van der Waals surface area contributed by atoms with Gasteiger partial charge in [-0.3, -0.25) is 0 Å². The molecule has 8 heteroatoms. The summed E-state index contributed by atoms with van der Waals surface area (Å²) in [5.41, 5.74) is 5.79. The van der Waals surface area contributed by atoms with Crippen molar-refractivity contribution < 1.29 is 13.2 Å². The summed E-state index contributed by atoms with van der Waals surface area (Å²) >= 11 is 1.42. The largest absolute Gasteiger partial charge is 0.416 e. The molecule has 3 N–H and O–H groups in total. The lowest BCUT2D eigenvalue weighted by atomic mass is 10.0. The number of rotatable bonds is 5. The number of nitrogens with zero attached hydrogens (tertiary/aromatic N) is 1. The predicted molar refractivity (Wildman–Crippen MR) is 85.2 cm³/mol. The fourth-order valence-electron chi connectivity index (χ4n) is 1.93. The van der Waals surface area contributed by atoms with Crippen LogP contribution in [0.15, 0.2) is 30.5 Å².